The van der Waals surface area contributed by atoms with Crippen LogP contribution in [0.5, 0.6) is 0 Å². The molecule has 0 aromatic carbocycles. The van der Waals surface area contributed by atoms with Gasteiger partial charge in [0.05, 0.1) is 22.3 Å². The van der Waals surface area contributed by atoms with Crippen LogP contribution in [0.15, 0.2) is 10.7 Å². The molecule has 0 amide bonds. The number of fused-ring (bicyclic) bond motifs is 1. The van der Waals surface area contributed by atoms with Gasteiger partial charge in [-0.05, 0) is 79.7 Å². The fourth-order valence-electron chi connectivity index (χ4n) is 3.63. The van der Waals surface area contributed by atoms with Crippen LogP contribution in [0.3, 0.4) is 0 Å². The highest BCUT2D eigenvalue weighted by Crippen LogP contribution is 2.37. The maximum Gasteiger partial charge on any atom is 0.341 e. The third-order valence-corrected chi connectivity index (χ3v) is 7.35. The fourth-order valence-corrected chi connectivity index (χ4v) is 5.49. The van der Waals surface area contributed by atoms with E-state index in [-0.39, 0.29) is 5.97 Å². The summed E-state index contributed by atoms with van der Waals surface area (Å²) in [4.78, 5) is 14.0. The number of ether oxygens (including phenoxy) is 1. The Morgan fingerprint density at radius 2 is 2.10 bits per heavy atom. The Labute approximate surface area is 195 Å². The van der Waals surface area contributed by atoms with Crippen LogP contribution >= 0.6 is 39.5 Å². The van der Waals surface area contributed by atoms with Crippen LogP contribution in [0.1, 0.15) is 65.5 Å². The lowest BCUT2D eigenvalue weighted by Gasteiger charge is -2.12. The maximum atomic E-state index is 12.7. The number of carbonyl (C=O) groups excluding carboxylic acids is 1. The number of thiophene rings is 1. The van der Waals surface area contributed by atoms with Gasteiger partial charge in [-0.2, -0.15) is 5.10 Å². The molecule has 3 rings (SSSR count). The van der Waals surface area contributed by atoms with E-state index in [0.717, 1.165) is 59.5 Å². The molecule has 9 heteroatoms. The summed E-state index contributed by atoms with van der Waals surface area (Å²) in [5.74, 6) is -0.250. The molecule has 0 saturated heterocycles. The number of halogens is 1. The molecule has 30 heavy (non-hydrogen) atoms. The Morgan fingerprint density at radius 1 is 1.33 bits per heavy atom. The highest BCUT2D eigenvalue weighted by atomic mass is 79.9. The van der Waals surface area contributed by atoms with Gasteiger partial charge in [0.15, 0.2) is 5.11 Å². The van der Waals surface area contributed by atoms with E-state index < -0.39 is 0 Å². The minimum absolute atomic E-state index is 0.250. The summed E-state index contributed by atoms with van der Waals surface area (Å²) in [6.45, 7) is 5.72. The van der Waals surface area contributed by atoms with Gasteiger partial charge in [-0.1, -0.05) is 12.8 Å². The van der Waals surface area contributed by atoms with Crippen LogP contribution in [0.4, 0.5) is 5.00 Å². The van der Waals surface area contributed by atoms with Crippen molar-refractivity contribution in [2.75, 3.05) is 18.5 Å². The molecule has 1 aliphatic carbocycles. The second-order valence-electron chi connectivity index (χ2n) is 7.40. The van der Waals surface area contributed by atoms with Crippen molar-refractivity contribution in [1.82, 2.24) is 15.1 Å². The summed E-state index contributed by atoms with van der Waals surface area (Å²) in [6.07, 6.45) is 9.57. The van der Waals surface area contributed by atoms with Gasteiger partial charge in [-0.15, -0.1) is 11.3 Å². The van der Waals surface area contributed by atoms with Crippen LogP contribution in [0.25, 0.3) is 0 Å². The van der Waals surface area contributed by atoms with Crippen molar-refractivity contribution in [2.45, 2.75) is 65.3 Å². The third-order valence-electron chi connectivity index (χ3n) is 5.11. The topological polar surface area (TPSA) is 68.2 Å². The number of esters is 1. The molecule has 2 N–H and O–H groups in total. The minimum atomic E-state index is -0.250. The SMILES string of the molecule is CCOC(=O)c1c(NC(=S)NCCCn2cc(Br)c(C)n2)sc2c1CCCCCC2. The number of rotatable bonds is 7. The second kappa shape index (κ2) is 11.2. The zero-order chi connectivity index (χ0) is 21.5. The molecule has 0 spiro atoms. The first-order chi connectivity index (χ1) is 14.5. The number of hydrogen-bond acceptors (Lipinski definition) is 5. The molecule has 164 valence electrons. The molecular formula is C21H29BrN4O2S2. The predicted molar refractivity (Wildman–Crippen MR) is 130 cm³/mol. The van der Waals surface area contributed by atoms with Crippen molar-refractivity contribution in [3.8, 4) is 0 Å². The number of nitrogens with one attached hydrogen (secondary N) is 2. The molecule has 0 fully saturated rings. The Hall–Kier alpha value is -1.45. The highest BCUT2D eigenvalue weighted by molar-refractivity contribution is 9.10. The first-order valence-corrected chi connectivity index (χ1v) is 12.6. The summed E-state index contributed by atoms with van der Waals surface area (Å²) in [6, 6.07) is 0. The molecule has 0 aliphatic heterocycles. The molecule has 2 aromatic heterocycles. The lowest BCUT2D eigenvalue weighted by Crippen LogP contribution is -2.30. The summed E-state index contributed by atoms with van der Waals surface area (Å²) in [5, 5.41) is 12.3. The molecule has 0 unspecified atom stereocenters. The van der Waals surface area contributed by atoms with E-state index in [2.05, 4.69) is 31.7 Å². The summed E-state index contributed by atoms with van der Waals surface area (Å²) < 4.78 is 8.30. The number of carbonyl (C=O) groups is 1. The predicted octanol–water partition coefficient (Wildman–Crippen LogP) is 5.23. The molecular weight excluding hydrogens is 484 g/mol. The van der Waals surface area contributed by atoms with Gasteiger partial charge < -0.3 is 15.4 Å². The quantitative estimate of drug-likeness (QED) is 0.300. The molecule has 0 atom stereocenters. The Kier molecular flexibility index (Phi) is 8.71. The van der Waals surface area contributed by atoms with Crippen molar-refractivity contribution in [3.63, 3.8) is 0 Å². The average molecular weight is 514 g/mol. The van der Waals surface area contributed by atoms with Gasteiger partial charge in [0, 0.05) is 24.2 Å². The first kappa shape index (κ1) is 23.2. The van der Waals surface area contributed by atoms with E-state index in [1.54, 1.807) is 11.3 Å². The molecule has 2 heterocycles. The van der Waals surface area contributed by atoms with Crippen molar-refractivity contribution in [3.05, 3.63) is 32.4 Å². The number of nitrogens with zero attached hydrogens (tertiary/aromatic N) is 2. The normalized spacial score (nSPS) is 13.8. The van der Waals surface area contributed by atoms with Crippen LogP contribution in [0.2, 0.25) is 0 Å². The van der Waals surface area contributed by atoms with Gasteiger partial charge >= 0.3 is 5.97 Å². The standard InChI is InChI=1S/C21H29BrN4O2S2/c1-3-28-20(27)18-15-9-6-4-5-7-10-17(15)30-19(18)24-21(29)23-11-8-12-26-13-16(22)14(2)25-26/h13H,3-12H2,1-2H3,(H2,23,24,29). The molecule has 0 bridgehead atoms. The molecule has 6 nitrogen and oxygen atoms in total. The van der Waals surface area contributed by atoms with Crippen molar-refractivity contribution in [1.29, 1.82) is 0 Å². The van der Waals surface area contributed by atoms with Crippen molar-refractivity contribution < 1.29 is 9.53 Å². The van der Waals surface area contributed by atoms with Crippen molar-refractivity contribution >= 4 is 55.6 Å². The number of aryl methyl sites for hydroxylation is 3. The Morgan fingerprint density at radius 3 is 2.80 bits per heavy atom. The van der Waals surface area contributed by atoms with Crippen LogP contribution in [0, 0.1) is 6.92 Å². The van der Waals surface area contributed by atoms with E-state index in [0.29, 0.717) is 17.3 Å². The zero-order valence-corrected chi connectivity index (χ0v) is 20.8. The summed E-state index contributed by atoms with van der Waals surface area (Å²) in [7, 11) is 0. The summed E-state index contributed by atoms with van der Waals surface area (Å²) >= 11 is 10.6. The molecule has 1 aliphatic rings. The Balaban J connectivity index is 1.61. The van der Waals surface area contributed by atoms with Gasteiger partial charge in [-0.3, -0.25) is 4.68 Å². The maximum absolute atomic E-state index is 12.7. The van der Waals surface area contributed by atoms with Gasteiger partial charge in [0.25, 0.3) is 0 Å². The third kappa shape index (κ3) is 6.04. The van der Waals surface area contributed by atoms with Crippen LogP contribution < -0.4 is 10.6 Å². The molecule has 2 aromatic rings. The van der Waals surface area contributed by atoms with E-state index in [1.807, 2.05) is 24.7 Å². The fraction of sp³-hybridized carbons (Fsp3) is 0.571. The smallest absolute Gasteiger partial charge is 0.341 e. The van der Waals surface area contributed by atoms with Gasteiger partial charge in [0.2, 0.25) is 0 Å². The molecule has 0 radical (unpaired) electrons. The zero-order valence-electron chi connectivity index (χ0n) is 17.6. The van der Waals surface area contributed by atoms with Gasteiger partial charge in [-0.25, -0.2) is 4.79 Å². The largest absolute Gasteiger partial charge is 0.462 e. The van der Waals surface area contributed by atoms with E-state index in [1.165, 1.54) is 24.1 Å². The number of thiocarbonyl (C=S) groups is 1. The van der Waals surface area contributed by atoms with E-state index >= 15 is 0 Å². The number of hydrogen-bond donors (Lipinski definition) is 2. The summed E-state index contributed by atoms with van der Waals surface area (Å²) in [5.41, 5.74) is 2.82. The monoisotopic (exact) mass is 512 g/mol. The highest BCUT2D eigenvalue weighted by Gasteiger charge is 2.25. The van der Waals surface area contributed by atoms with E-state index in [4.69, 9.17) is 17.0 Å². The second-order valence-corrected chi connectivity index (χ2v) is 9.77. The Bertz CT molecular complexity index is 874. The van der Waals surface area contributed by atoms with Gasteiger partial charge in [0.1, 0.15) is 5.00 Å². The minimum Gasteiger partial charge on any atom is -0.462 e. The lowest BCUT2D eigenvalue weighted by molar-refractivity contribution is 0.0526. The number of anilines is 1. The van der Waals surface area contributed by atoms with Crippen molar-refractivity contribution in [2.24, 2.45) is 0 Å². The first-order valence-electron chi connectivity index (χ1n) is 10.6. The average Bonchev–Trinajstić information content (AvgIpc) is 3.18. The number of aromatic nitrogens is 2. The van der Waals surface area contributed by atoms with Crippen LogP contribution in [-0.4, -0.2) is 34.0 Å². The van der Waals surface area contributed by atoms with Crippen LogP contribution in [-0.2, 0) is 24.1 Å². The molecule has 0 saturated carbocycles. The lowest BCUT2D eigenvalue weighted by atomic mass is 9.96. The van der Waals surface area contributed by atoms with E-state index in [9.17, 15) is 4.79 Å².